The maximum atomic E-state index is 12.1. The molecule has 0 bridgehead atoms. The largest absolute Gasteiger partial charge is 0.396 e. The molecule has 3 heteroatoms. The molecule has 2 rings (SSSR count). The highest BCUT2D eigenvalue weighted by molar-refractivity contribution is 5.82. The Labute approximate surface area is 117 Å². The van der Waals surface area contributed by atoms with Gasteiger partial charge in [0.2, 0.25) is 0 Å². The van der Waals surface area contributed by atoms with Crippen molar-refractivity contribution >= 4 is 5.78 Å². The van der Waals surface area contributed by atoms with Crippen molar-refractivity contribution in [1.82, 2.24) is 4.90 Å². The quantitative estimate of drug-likeness (QED) is 0.853. The molecular formula is C16H29NO2. The summed E-state index contributed by atoms with van der Waals surface area (Å²) in [5.74, 6) is 1.80. The molecule has 1 heterocycles. The lowest BCUT2D eigenvalue weighted by atomic mass is 9.68. The Balaban J connectivity index is 1.89. The van der Waals surface area contributed by atoms with Crippen molar-refractivity contribution < 1.29 is 9.90 Å². The maximum Gasteiger partial charge on any atom is 0.137 e. The molecule has 1 aliphatic heterocycles. The number of nitrogens with zero attached hydrogens (tertiary/aromatic N) is 1. The van der Waals surface area contributed by atoms with E-state index >= 15 is 0 Å². The van der Waals surface area contributed by atoms with E-state index in [2.05, 4.69) is 25.7 Å². The number of carbonyl (C=O) groups excluding carboxylic acids is 1. The van der Waals surface area contributed by atoms with E-state index in [1.54, 1.807) is 0 Å². The molecule has 3 unspecified atom stereocenters. The average Bonchev–Trinajstić information content (AvgIpc) is 2.78. The van der Waals surface area contributed by atoms with Gasteiger partial charge in [0, 0.05) is 32.0 Å². The summed E-state index contributed by atoms with van der Waals surface area (Å²) in [5.41, 5.74) is 0.317. The van der Waals surface area contributed by atoms with Crippen LogP contribution in [0.1, 0.15) is 46.5 Å². The molecule has 19 heavy (non-hydrogen) atoms. The molecule has 0 aromatic carbocycles. The molecule has 3 nitrogen and oxygen atoms in total. The summed E-state index contributed by atoms with van der Waals surface area (Å²) in [6, 6.07) is 0. The first-order chi connectivity index (χ1) is 8.90. The van der Waals surface area contributed by atoms with Crippen molar-refractivity contribution in [3.05, 3.63) is 0 Å². The summed E-state index contributed by atoms with van der Waals surface area (Å²) in [4.78, 5) is 14.5. The van der Waals surface area contributed by atoms with Gasteiger partial charge in [-0.05, 0) is 43.1 Å². The minimum Gasteiger partial charge on any atom is -0.396 e. The van der Waals surface area contributed by atoms with Gasteiger partial charge in [0.05, 0.1) is 0 Å². The van der Waals surface area contributed by atoms with Crippen molar-refractivity contribution in [3.8, 4) is 0 Å². The third-order valence-corrected chi connectivity index (χ3v) is 5.10. The average molecular weight is 267 g/mol. The number of ketones is 1. The predicted molar refractivity (Wildman–Crippen MR) is 76.9 cm³/mol. The Kier molecular flexibility index (Phi) is 4.67. The van der Waals surface area contributed by atoms with Crippen LogP contribution in [0.5, 0.6) is 0 Å². The fourth-order valence-corrected chi connectivity index (χ4v) is 3.62. The van der Waals surface area contributed by atoms with Crippen molar-refractivity contribution in [2.45, 2.75) is 46.5 Å². The molecule has 0 amide bonds. The second-order valence-electron chi connectivity index (χ2n) is 7.60. The van der Waals surface area contributed by atoms with Crippen LogP contribution in [-0.2, 0) is 4.79 Å². The number of aliphatic hydroxyl groups is 1. The second kappa shape index (κ2) is 5.92. The molecule has 2 fully saturated rings. The van der Waals surface area contributed by atoms with Gasteiger partial charge in [-0.1, -0.05) is 20.8 Å². The second-order valence-corrected chi connectivity index (χ2v) is 7.60. The Morgan fingerprint density at radius 3 is 2.63 bits per heavy atom. The van der Waals surface area contributed by atoms with Crippen LogP contribution in [-0.4, -0.2) is 42.0 Å². The minimum atomic E-state index is 0.232. The minimum absolute atomic E-state index is 0.232. The van der Waals surface area contributed by atoms with Crippen LogP contribution < -0.4 is 0 Å². The number of hydrogen-bond donors (Lipinski definition) is 1. The molecule has 0 spiro atoms. The van der Waals surface area contributed by atoms with E-state index in [4.69, 9.17) is 0 Å². The van der Waals surface area contributed by atoms with Crippen LogP contribution in [0.2, 0.25) is 0 Å². The highest BCUT2D eigenvalue weighted by Crippen LogP contribution is 2.39. The van der Waals surface area contributed by atoms with Crippen molar-refractivity contribution in [3.63, 3.8) is 0 Å². The number of likely N-dealkylation sites (tertiary alicyclic amines) is 1. The summed E-state index contributed by atoms with van der Waals surface area (Å²) >= 11 is 0. The fraction of sp³-hybridized carbons (Fsp3) is 0.938. The van der Waals surface area contributed by atoms with Crippen LogP contribution in [0.15, 0.2) is 0 Å². The number of Topliss-reactive ketones (excluding diaryl/α,β-unsaturated/α-hetero) is 1. The first-order valence-electron chi connectivity index (χ1n) is 7.76. The van der Waals surface area contributed by atoms with E-state index in [0.29, 0.717) is 29.6 Å². The number of hydrogen-bond acceptors (Lipinski definition) is 3. The van der Waals surface area contributed by atoms with Gasteiger partial charge in [-0.2, -0.15) is 0 Å². The Bertz CT molecular complexity index is 321. The van der Waals surface area contributed by atoms with Gasteiger partial charge < -0.3 is 10.0 Å². The van der Waals surface area contributed by atoms with Gasteiger partial charge in [-0.15, -0.1) is 0 Å². The molecule has 110 valence electrons. The van der Waals surface area contributed by atoms with Crippen molar-refractivity contribution in [2.24, 2.45) is 23.2 Å². The van der Waals surface area contributed by atoms with E-state index in [1.807, 2.05) is 0 Å². The van der Waals surface area contributed by atoms with Gasteiger partial charge in [0.1, 0.15) is 5.78 Å². The molecule has 0 radical (unpaired) electrons. The Morgan fingerprint density at radius 1 is 1.32 bits per heavy atom. The monoisotopic (exact) mass is 267 g/mol. The van der Waals surface area contributed by atoms with E-state index in [1.165, 1.54) is 0 Å². The zero-order valence-corrected chi connectivity index (χ0v) is 12.7. The van der Waals surface area contributed by atoms with Crippen LogP contribution in [0.3, 0.4) is 0 Å². The zero-order valence-electron chi connectivity index (χ0n) is 12.7. The number of rotatable bonds is 3. The van der Waals surface area contributed by atoms with Crippen LogP contribution in [0, 0.1) is 23.2 Å². The zero-order chi connectivity index (χ0) is 14.0. The Morgan fingerprint density at radius 2 is 2.05 bits per heavy atom. The number of aliphatic hydroxyl groups excluding tert-OH is 1. The standard InChI is InChI=1S/C16H29NO2/c1-16(2,3)14-4-5-15(19)13(8-14)10-17-7-6-12(9-17)11-18/h12-14,18H,4-11H2,1-3H3. The first-order valence-corrected chi connectivity index (χ1v) is 7.76. The van der Waals surface area contributed by atoms with Gasteiger partial charge in [0.15, 0.2) is 0 Å². The molecule has 1 saturated carbocycles. The van der Waals surface area contributed by atoms with Gasteiger partial charge in [-0.25, -0.2) is 0 Å². The normalized spacial score (nSPS) is 33.9. The summed E-state index contributed by atoms with van der Waals surface area (Å²) in [7, 11) is 0. The van der Waals surface area contributed by atoms with Crippen LogP contribution >= 0.6 is 0 Å². The maximum absolute atomic E-state index is 12.1. The smallest absolute Gasteiger partial charge is 0.137 e. The van der Waals surface area contributed by atoms with Crippen molar-refractivity contribution in [2.75, 3.05) is 26.2 Å². The van der Waals surface area contributed by atoms with Gasteiger partial charge in [-0.3, -0.25) is 4.79 Å². The molecule has 1 N–H and O–H groups in total. The lowest BCUT2D eigenvalue weighted by molar-refractivity contribution is -0.127. The highest BCUT2D eigenvalue weighted by atomic mass is 16.3. The molecular weight excluding hydrogens is 238 g/mol. The summed E-state index contributed by atoms with van der Waals surface area (Å²) in [6.45, 7) is 10.1. The summed E-state index contributed by atoms with van der Waals surface area (Å²) in [6.07, 6.45) is 3.98. The fourth-order valence-electron chi connectivity index (χ4n) is 3.62. The third kappa shape index (κ3) is 3.79. The molecule has 2 aliphatic rings. The Hall–Kier alpha value is -0.410. The topological polar surface area (TPSA) is 40.5 Å². The van der Waals surface area contributed by atoms with Gasteiger partial charge in [0.25, 0.3) is 0 Å². The van der Waals surface area contributed by atoms with Crippen LogP contribution in [0.25, 0.3) is 0 Å². The summed E-state index contributed by atoms with van der Waals surface area (Å²) < 4.78 is 0. The van der Waals surface area contributed by atoms with Crippen molar-refractivity contribution in [1.29, 1.82) is 0 Å². The predicted octanol–water partition coefficient (Wildman–Crippen LogP) is 2.33. The SMILES string of the molecule is CC(C)(C)C1CCC(=O)C(CN2CCC(CO)C2)C1. The highest BCUT2D eigenvalue weighted by Gasteiger charge is 2.36. The molecule has 3 atom stereocenters. The van der Waals surface area contributed by atoms with E-state index in [0.717, 1.165) is 45.3 Å². The van der Waals surface area contributed by atoms with E-state index < -0.39 is 0 Å². The van der Waals surface area contributed by atoms with Crippen LogP contribution in [0.4, 0.5) is 0 Å². The summed E-state index contributed by atoms with van der Waals surface area (Å²) in [5, 5.41) is 9.20. The van der Waals surface area contributed by atoms with E-state index in [9.17, 15) is 9.90 Å². The molecule has 1 saturated heterocycles. The van der Waals surface area contributed by atoms with Gasteiger partial charge >= 0.3 is 0 Å². The lowest BCUT2D eigenvalue weighted by Crippen LogP contribution is -2.38. The molecule has 0 aromatic rings. The first kappa shape index (κ1) is 15.0. The molecule has 1 aliphatic carbocycles. The lowest BCUT2D eigenvalue weighted by Gasteiger charge is -2.38. The number of carbonyl (C=O) groups is 1. The van der Waals surface area contributed by atoms with E-state index in [-0.39, 0.29) is 5.92 Å². The molecule has 0 aromatic heterocycles. The third-order valence-electron chi connectivity index (χ3n) is 5.10.